The number of fused-ring (bicyclic) bond motifs is 1. The van der Waals surface area contributed by atoms with Crippen molar-refractivity contribution in [2.45, 2.75) is 0 Å². The SMILES string of the molecule is Clc1ccc(-c2ccc3ccc(-c4ccc(-c5cccnc5)nc4)cc3c2)cc1. The van der Waals surface area contributed by atoms with Crippen LogP contribution in [0.25, 0.3) is 44.3 Å². The van der Waals surface area contributed by atoms with Gasteiger partial charge in [-0.3, -0.25) is 9.97 Å². The average Bonchev–Trinajstić information content (AvgIpc) is 2.79. The molecule has 0 saturated carbocycles. The molecule has 0 saturated heterocycles. The van der Waals surface area contributed by atoms with Gasteiger partial charge in [0.05, 0.1) is 5.69 Å². The monoisotopic (exact) mass is 392 g/mol. The van der Waals surface area contributed by atoms with Crippen molar-refractivity contribution in [2.75, 3.05) is 0 Å². The number of rotatable bonds is 3. The Morgan fingerprint density at radius 3 is 1.90 bits per heavy atom. The summed E-state index contributed by atoms with van der Waals surface area (Å²) in [4.78, 5) is 8.79. The van der Waals surface area contributed by atoms with E-state index >= 15 is 0 Å². The number of pyridine rings is 2. The van der Waals surface area contributed by atoms with Crippen molar-refractivity contribution in [1.29, 1.82) is 0 Å². The van der Waals surface area contributed by atoms with E-state index in [1.807, 2.05) is 42.7 Å². The van der Waals surface area contributed by atoms with Crippen LogP contribution in [0, 0.1) is 0 Å². The normalized spacial score (nSPS) is 10.9. The van der Waals surface area contributed by atoms with Gasteiger partial charge in [-0.25, -0.2) is 0 Å². The molecule has 0 unspecified atom stereocenters. The zero-order chi connectivity index (χ0) is 19.6. The van der Waals surface area contributed by atoms with Crippen molar-refractivity contribution in [3.8, 4) is 33.5 Å². The largest absolute Gasteiger partial charge is 0.264 e. The molecule has 2 heterocycles. The van der Waals surface area contributed by atoms with Crippen LogP contribution in [0.5, 0.6) is 0 Å². The lowest BCUT2D eigenvalue weighted by Crippen LogP contribution is -1.86. The molecule has 3 aromatic carbocycles. The maximum Gasteiger partial charge on any atom is 0.0717 e. The Kier molecular flexibility index (Phi) is 4.55. The van der Waals surface area contributed by atoms with E-state index in [0.717, 1.165) is 33.0 Å². The van der Waals surface area contributed by atoms with Gasteiger partial charge in [0.1, 0.15) is 0 Å². The predicted octanol–water partition coefficient (Wildman–Crippen LogP) is 7.28. The molecule has 0 aliphatic heterocycles. The van der Waals surface area contributed by atoms with E-state index in [-0.39, 0.29) is 0 Å². The summed E-state index contributed by atoms with van der Waals surface area (Å²) in [6, 6.07) is 29.1. The lowest BCUT2D eigenvalue weighted by Gasteiger charge is -2.08. The van der Waals surface area contributed by atoms with Gasteiger partial charge in [-0.1, -0.05) is 54.1 Å². The summed E-state index contributed by atoms with van der Waals surface area (Å²) in [5, 5.41) is 3.16. The highest BCUT2D eigenvalue weighted by molar-refractivity contribution is 6.30. The zero-order valence-corrected chi connectivity index (χ0v) is 16.3. The van der Waals surface area contributed by atoms with Crippen molar-refractivity contribution in [3.63, 3.8) is 0 Å². The first-order valence-electron chi connectivity index (χ1n) is 9.43. The second-order valence-electron chi connectivity index (χ2n) is 6.96. The van der Waals surface area contributed by atoms with E-state index < -0.39 is 0 Å². The second kappa shape index (κ2) is 7.50. The van der Waals surface area contributed by atoms with E-state index in [1.165, 1.54) is 16.3 Å². The smallest absolute Gasteiger partial charge is 0.0717 e. The third-order valence-electron chi connectivity index (χ3n) is 5.07. The van der Waals surface area contributed by atoms with Crippen molar-refractivity contribution in [1.82, 2.24) is 9.97 Å². The molecule has 0 N–H and O–H groups in total. The first kappa shape index (κ1) is 17.6. The molecule has 5 rings (SSSR count). The molecule has 0 aliphatic carbocycles. The molecule has 2 aromatic heterocycles. The van der Waals surface area contributed by atoms with Crippen LogP contribution in [0.3, 0.4) is 0 Å². The molecule has 5 aromatic rings. The Morgan fingerprint density at radius 1 is 0.552 bits per heavy atom. The molecule has 2 nitrogen and oxygen atoms in total. The first-order valence-corrected chi connectivity index (χ1v) is 9.81. The third kappa shape index (κ3) is 3.63. The Balaban J connectivity index is 1.51. The minimum Gasteiger partial charge on any atom is -0.264 e. The van der Waals surface area contributed by atoms with Crippen molar-refractivity contribution >= 4 is 22.4 Å². The third-order valence-corrected chi connectivity index (χ3v) is 5.32. The summed E-state index contributed by atoms with van der Waals surface area (Å²) in [7, 11) is 0. The Morgan fingerprint density at radius 2 is 1.24 bits per heavy atom. The van der Waals surface area contributed by atoms with Gasteiger partial charge < -0.3 is 0 Å². The fourth-order valence-electron chi connectivity index (χ4n) is 3.50. The molecule has 3 heteroatoms. The molecule has 0 radical (unpaired) electrons. The molecular formula is C26H17ClN2. The summed E-state index contributed by atoms with van der Waals surface area (Å²) in [6.45, 7) is 0. The van der Waals surface area contributed by atoms with Gasteiger partial charge in [0.25, 0.3) is 0 Å². The number of aromatic nitrogens is 2. The highest BCUT2D eigenvalue weighted by Gasteiger charge is 2.05. The van der Waals surface area contributed by atoms with E-state index in [9.17, 15) is 0 Å². The van der Waals surface area contributed by atoms with Gasteiger partial charge in [0.15, 0.2) is 0 Å². The van der Waals surface area contributed by atoms with Crippen LogP contribution in [0.2, 0.25) is 5.02 Å². The lowest BCUT2D eigenvalue weighted by molar-refractivity contribution is 1.28. The number of hydrogen-bond donors (Lipinski definition) is 0. The van der Waals surface area contributed by atoms with Crippen LogP contribution >= 0.6 is 11.6 Å². The van der Waals surface area contributed by atoms with Crippen molar-refractivity contribution < 1.29 is 0 Å². The van der Waals surface area contributed by atoms with Crippen LogP contribution in [-0.2, 0) is 0 Å². The fourth-order valence-corrected chi connectivity index (χ4v) is 3.62. The van der Waals surface area contributed by atoms with Crippen molar-refractivity contribution in [3.05, 3.63) is 109 Å². The summed E-state index contributed by atoms with van der Waals surface area (Å²) in [5.41, 5.74) is 6.52. The molecule has 0 atom stereocenters. The molecule has 0 fully saturated rings. The number of benzene rings is 3. The average molecular weight is 393 g/mol. The van der Waals surface area contributed by atoms with Crippen LogP contribution in [0.15, 0.2) is 104 Å². The minimum atomic E-state index is 0.749. The van der Waals surface area contributed by atoms with Gasteiger partial charge in [0.2, 0.25) is 0 Å². The quantitative estimate of drug-likeness (QED) is 0.322. The second-order valence-corrected chi connectivity index (χ2v) is 7.39. The van der Waals surface area contributed by atoms with E-state index in [0.29, 0.717) is 0 Å². The molecular weight excluding hydrogens is 376 g/mol. The van der Waals surface area contributed by atoms with Crippen molar-refractivity contribution in [2.24, 2.45) is 0 Å². The van der Waals surface area contributed by atoms with Gasteiger partial charge in [-0.2, -0.15) is 0 Å². The van der Waals surface area contributed by atoms with Gasteiger partial charge in [0, 0.05) is 34.7 Å². The summed E-state index contributed by atoms with van der Waals surface area (Å²) >= 11 is 6.02. The number of hydrogen-bond acceptors (Lipinski definition) is 2. The highest BCUT2D eigenvalue weighted by Crippen LogP contribution is 2.29. The van der Waals surface area contributed by atoms with Gasteiger partial charge >= 0.3 is 0 Å². The van der Waals surface area contributed by atoms with Crippen LogP contribution in [0.1, 0.15) is 0 Å². The summed E-state index contributed by atoms with van der Waals surface area (Å²) in [5.74, 6) is 0. The standard InChI is InChI=1S/C26H17ClN2/c27-25-10-7-18(8-11-25)20-5-3-19-4-6-21(15-24(19)14-20)22-9-12-26(29-17-22)23-2-1-13-28-16-23/h1-17H. The minimum absolute atomic E-state index is 0.749. The molecule has 138 valence electrons. The molecule has 29 heavy (non-hydrogen) atoms. The topological polar surface area (TPSA) is 25.8 Å². The fraction of sp³-hybridized carbons (Fsp3) is 0. The number of halogens is 1. The molecule has 0 bridgehead atoms. The molecule has 0 aliphatic rings. The Labute approximate surface area is 174 Å². The summed E-state index contributed by atoms with van der Waals surface area (Å²) < 4.78 is 0. The van der Waals surface area contributed by atoms with Gasteiger partial charge in [-0.15, -0.1) is 0 Å². The zero-order valence-electron chi connectivity index (χ0n) is 15.6. The maximum absolute atomic E-state index is 6.02. The predicted molar refractivity (Wildman–Crippen MR) is 121 cm³/mol. The van der Waals surface area contributed by atoms with E-state index in [1.54, 1.807) is 6.20 Å². The Bertz CT molecular complexity index is 1280. The highest BCUT2D eigenvalue weighted by atomic mass is 35.5. The van der Waals surface area contributed by atoms with E-state index in [4.69, 9.17) is 11.6 Å². The van der Waals surface area contributed by atoms with Crippen LogP contribution in [0.4, 0.5) is 0 Å². The van der Waals surface area contributed by atoms with Crippen LogP contribution < -0.4 is 0 Å². The maximum atomic E-state index is 6.02. The van der Waals surface area contributed by atoms with Crippen LogP contribution in [-0.4, -0.2) is 9.97 Å². The molecule has 0 amide bonds. The van der Waals surface area contributed by atoms with Gasteiger partial charge in [-0.05, 0) is 69.9 Å². The molecule has 0 spiro atoms. The lowest BCUT2D eigenvalue weighted by atomic mass is 9.98. The summed E-state index contributed by atoms with van der Waals surface area (Å²) in [6.07, 6.45) is 5.52. The Hall–Kier alpha value is -3.49. The first-order chi connectivity index (χ1) is 14.3. The van der Waals surface area contributed by atoms with E-state index in [2.05, 4.69) is 64.6 Å². The number of nitrogens with zero attached hydrogens (tertiary/aromatic N) is 2.